The minimum Gasteiger partial charge on any atom is -0.341 e. The van der Waals surface area contributed by atoms with E-state index in [4.69, 9.17) is 0 Å². The van der Waals surface area contributed by atoms with E-state index in [9.17, 15) is 13.2 Å². The number of nitrogens with one attached hydrogen (secondary N) is 1. The van der Waals surface area contributed by atoms with Crippen LogP contribution in [0.3, 0.4) is 0 Å². The summed E-state index contributed by atoms with van der Waals surface area (Å²) < 4.78 is 22.8. The van der Waals surface area contributed by atoms with Crippen molar-refractivity contribution < 1.29 is 13.2 Å². The molecule has 2 rings (SSSR count). The molecule has 0 radical (unpaired) electrons. The Morgan fingerprint density at radius 3 is 2.58 bits per heavy atom. The van der Waals surface area contributed by atoms with Gasteiger partial charge < -0.3 is 10.2 Å². The molecule has 5 nitrogen and oxygen atoms in total. The maximum absolute atomic E-state index is 12.1. The molecule has 2 fully saturated rings. The molecular weight excluding hydrogens is 284 g/mol. The largest absolute Gasteiger partial charge is 0.341 e. The number of rotatable bonds is 4. The molecule has 1 N–H and O–H groups in total. The van der Waals surface area contributed by atoms with Gasteiger partial charge in [0.05, 0.1) is 17.3 Å². The third-order valence-corrected chi connectivity index (χ3v) is 6.98. The molecule has 2 heterocycles. The predicted molar refractivity (Wildman–Crippen MR) is 78.2 cm³/mol. The van der Waals surface area contributed by atoms with Crippen LogP contribution in [-0.4, -0.2) is 67.9 Å². The second kappa shape index (κ2) is 6.45. The molecule has 0 aromatic rings. The average Bonchev–Trinajstić information content (AvgIpc) is 2.76. The lowest BCUT2D eigenvalue weighted by Crippen LogP contribution is -2.39. The van der Waals surface area contributed by atoms with Gasteiger partial charge in [0, 0.05) is 18.3 Å². The molecular formula is C12H22N2O3S2. The summed E-state index contributed by atoms with van der Waals surface area (Å²) in [5, 5.41) is 3.86. The van der Waals surface area contributed by atoms with Gasteiger partial charge in [0.25, 0.3) is 0 Å². The first-order valence-corrected chi connectivity index (χ1v) is 9.63. The number of carbonyl (C=O) groups is 1. The van der Waals surface area contributed by atoms with Crippen LogP contribution in [0.1, 0.15) is 19.3 Å². The summed E-state index contributed by atoms with van der Waals surface area (Å²) in [5.41, 5.74) is 0. The number of hydrogen-bond donors (Lipinski definition) is 1. The van der Waals surface area contributed by atoms with Crippen LogP contribution >= 0.6 is 11.8 Å². The highest BCUT2D eigenvalue weighted by atomic mass is 32.2. The Kier molecular flexibility index (Phi) is 5.14. The van der Waals surface area contributed by atoms with E-state index in [1.807, 2.05) is 0 Å². The zero-order valence-corrected chi connectivity index (χ0v) is 12.9. The molecule has 1 amide bonds. The van der Waals surface area contributed by atoms with E-state index < -0.39 is 9.84 Å². The highest BCUT2D eigenvalue weighted by Gasteiger charge is 2.32. The number of hydrogen-bond acceptors (Lipinski definition) is 5. The number of thioether (sulfide) groups is 1. The summed E-state index contributed by atoms with van der Waals surface area (Å²) in [7, 11) is -1.19. The fourth-order valence-corrected chi connectivity index (χ4v) is 5.46. The fraction of sp³-hybridized carbons (Fsp3) is 0.917. The smallest absolute Gasteiger partial charge is 0.232 e. The third-order valence-electron chi connectivity index (χ3n) is 3.88. The van der Waals surface area contributed by atoms with E-state index in [1.165, 1.54) is 0 Å². The molecule has 0 aromatic carbocycles. The van der Waals surface area contributed by atoms with E-state index in [0.29, 0.717) is 17.4 Å². The van der Waals surface area contributed by atoms with Gasteiger partial charge in [-0.2, -0.15) is 0 Å². The molecule has 2 aliphatic heterocycles. The molecule has 0 aliphatic carbocycles. The van der Waals surface area contributed by atoms with Crippen molar-refractivity contribution in [3.05, 3.63) is 0 Å². The van der Waals surface area contributed by atoms with Gasteiger partial charge >= 0.3 is 0 Å². The van der Waals surface area contributed by atoms with E-state index in [2.05, 4.69) is 5.32 Å². The van der Waals surface area contributed by atoms with Crippen LogP contribution in [0.15, 0.2) is 0 Å². The number of piperidine rings is 1. The summed E-state index contributed by atoms with van der Waals surface area (Å²) in [5.74, 6) is 0.882. The molecule has 7 heteroatoms. The van der Waals surface area contributed by atoms with Crippen LogP contribution in [0.4, 0.5) is 0 Å². The molecule has 0 saturated carbocycles. The number of carbonyl (C=O) groups excluding carboxylic acids is 1. The van der Waals surface area contributed by atoms with Crippen molar-refractivity contribution in [2.45, 2.75) is 30.6 Å². The Balaban J connectivity index is 1.76. The van der Waals surface area contributed by atoms with Crippen molar-refractivity contribution >= 4 is 27.5 Å². The number of sulfone groups is 1. The first-order valence-electron chi connectivity index (χ1n) is 6.76. The highest BCUT2D eigenvalue weighted by molar-refractivity contribution is 8.00. The molecule has 2 aliphatic rings. The van der Waals surface area contributed by atoms with Crippen molar-refractivity contribution in [1.82, 2.24) is 10.2 Å². The van der Waals surface area contributed by atoms with Gasteiger partial charge in [0.15, 0.2) is 9.84 Å². The first kappa shape index (κ1) is 15.1. The number of amides is 1. The monoisotopic (exact) mass is 306 g/mol. The van der Waals surface area contributed by atoms with E-state index in [1.54, 1.807) is 23.7 Å². The Labute approximate surface area is 119 Å². The highest BCUT2D eigenvalue weighted by Crippen LogP contribution is 2.22. The normalized spacial score (nSPS) is 27.3. The van der Waals surface area contributed by atoms with Gasteiger partial charge in [-0.3, -0.25) is 4.79 Å². The Bertz CT molecular complexity index is 419. The molecule has 0 spiro atoms. The summed E-state index contributed by atoms with van der Waals surface area (Å²) in [6, 6.07) is -0.119. The topological polar surface area (TPSA) is 66.5 Å². The van der Waals surface area contributed by atoms with Gasteiger partial charge in [0.1, 0.15) is 0 Å². The lowest BCUT2D eigenvalue weighted by Gasteiger charge is -2.26. The fourth-order valence-electron chi connectivity index (χ4n) is 2.54. The molecule has 0 aromatic heterocycles. The summed E-state index contributed by atoms with van der Waals surface area (Å²) in [4.78, 5) is 13.7. The minimum atomic E-state index is -2.92. The molecule has 1 unspecified atom stereocenters. The SMILES string of the molecule is CN(C(=O)CSC1CCNCC1)C1CCS(=O)(=O)C1. The van der Waals surface area contributed by atoms with Crippen molar-refractivity contribution in [3.63, 3.8) is 0 Å². The molecule has 2 saturated heterocycles. The van der Waals surface area contributed by atoms with Gasteiger partial charge in [-0.25, -0.2) is 8.42 Å². The number of nitrogens with zero attached hydrogens (tertiary/aromatic N) is 1. The zero-order chi connectivity index (χ0) is 13.9. The Morgan fingerprint density at radius 1 is 1.32 bits per heavy atom. The molecule has 110 valence electrons. The summed E-state index contributed by atoms with van der Waals surface area (Å²) >= 11 is 1.71. The summed E-state index contributed by atoms with van der Waals surface area (Å²) in [6.07, 6.45) is 2.81. The maximum Gasteiger partial charge on any atom is 0.232 e. The van der Waals surface area contributed by atoms with Crippen molar-refractivity contribution in [1.29, 1.82) is 0 Å². The molecule has 19 heavy (non-hydrogen) atoms. The van der Waals surface area contributed by atoms with Crippen molar-refractivity contribution in [2.24, 2.45) is 0 Å². The van der Waals surface area contributed by atoms with Gasteiger partial charge in [-0.15, -0.1) is 11.8 Å². The quantitative estimate of drug-likeness (QED) is 0.799. The minimum absolute atomic E-state index is 0.0608. The van der Waals surface area contributed by atoms with Crippen molar-refractivity contribution in [2.75, 3.05) is 37.4 Å². The van der Waals surface area contributed by atoms with Crippen LogP contribution < -0.4 is 5.32 Å². The lowest BCUT2D eigenvalue weighted by molar-refractivity contribution is -0.128. The molecule has 0 bridgehead atoms. The van der Waals surface area contributed by atoms with Crippen LogP contribution in [0.25, 0.3) is 0 Å². The summed E-state index contributed by atoms with van der Waals surface area (Å²) in [6.45, 7) is 2.06. The molecule has 1 atom stereocenters. The van der Waals surface area contributed by atoms with E-state index >= 15 is 0 Å². The van der Waals surface area contributed by atoms with Crippen LogP contribution in [0.5, 0.6) is 0 Å². The van der Waals surface area contributed by atoms with E-state index in [-0.39, 0.29) is 23.5 Å². The second-order valence-electron chi connectivity index (χ2n) is 5.32. The van der Waals surface area contributed by atoms with Crippen LogP contribution in [0, 0.1) is 0 Å². The maximum atomic E-state index is 12.1. The predicted octanol–water partition coefficient (Wildman–Crippen LogP) is 0.117. The van der Waals surface area contributed by atoms with Crippen molar-refractivity contribution in [3.8, 4) is 0 Å². The van der Waals surface area contributed by atoms with E-state index in [0.717, 1.165) is 25.9 Å². The third kappa shape index (κ3) is 4.36. The standard InChI is InChI=1S/C12H22N2O3S2/c1-14(10-4-7-19(16,17)9-10)12(15)8-18-11-2-5-13-6-3-11/h10-11,13H,2-9H2,1H3. The first-order chi connectivity index (χ1) is 8.98. The van der Waals surface area contributed by atoms with Gasteiger partial charge in [-0.1, -0.05) is 0 Å². The second-order valence-corrected chi connectivity index (χ2v) is 8.84. The lowest BCUT2D eigenvalue weighted by atomic mass is 10.2. The van der Waals surface area contributed by atoms with Gasteiger partial charge in [0.2, 0.25) is 5.91 Å². The van der Waals surface area contributed by atoms with Crippen LogP contribution in [-0.2, 0) is 14.6 Å². The zero-order valence-electron chi connectivity index (χ0n) is 11.3. The Morgan fingerprint density at radius 2 is 2.00 bits per heavy atom. The average molecular weight is 306 g/mol. The Hall–Kier alpha value is -0.270. The van der Waals surface area contributed by atoms with Crippen LogP contribution in [0.2, 0.25) is 0 Å². The van der Waals surface area contributed by atoms with Gasteiger partial charge in [-0.05, 0) is 32.4 Å².